The molecule has 0 aliphatic carbocycles. The smallest absolute Gasteiger partial charge is 0.242 e. The van der Waals surface area contributed by atoms with Crippen molar-refractivity contribution in [1.82, 2.24) is 10.2 Å². The summed E-state index contributed by atoms with van der Waals surface area (Å²) in [6, 6.07) is 15.6. The molecule has 2 aromatic carbocycles. The van der Waals surface area contributed by atoms with Crippen molar-refractivity contribution >= 4 is 11.8 Å². The summed E-state index contributed by atoms with van der Waals surface area (Å²) >= 11 is 0. The highest BCUT2D eigenvalue weighted by molar-refractivity contribution is 5.88. The highest BCUT2D eigenvalue weighted by Gasteiger charge is 2.28. The molecule has 4 nitrogen and oxygen atoms in total. The lowest BCUT2D eigenvalue weighted by Gasteiger charge is -2.31. The molecule has 0 heterocycles. The summed E-state index contributed by atoms with van der Waals surface area (Å²) in [6.45, 7) is 9.22. The van der Waals surface area contributed by atoms with Gasteiger partial charge in [-0.05, 0) is 37.8 Å². The lowest BCUT2D eigenvalue weighted by molar-refractivity contribution is -0.140. The Bertz CT molecular complexity index is 781. The Morgan fingerprint density at radius 1 is 0.966 bits per heavy atom. The number of hydrogen-bond acceptors (Lipinski definition) is 2. The van der Waals surface area contributed by atoms with Crippen molar-refractivity contribution in [3.63, 3.8) is 0 Å². The molecule has 4 heteroatoms. The van der Waals surface area contributed by atoms with Crippen LogP contribution in [0.3, 0.4) is 0 Å². The van der Waals surface area contributed by atoms with Crippen LogP contribution in [0.25, 0.3) is 0 Å². The van der Waals surface area contributed by atoms with Gasteiger partial charge in [-0.1, -0.05) is 79.9 Å². The van der Waals surface area contributed by atoms with E-state index in [0.717, 1.165) is 35.1 Å². The lowest BCUT2D eigenvalue weighted by Crippen LogP contribution is -2.49. The van der Waals surface area contributed by atoms with Gasteiger partial charge in [0.1, 0.15) is 6.04 Å². The fourth-order valence-corrected chi connectivity index (χ4v) is 3.65. The monoisotopic (exact) mass is 394 g/mol. The van der Waals surface area contributed by atoms with Crippen molar-refractivity contribution in [2.45, 2.75) is 66.0 Å². The van der Waals surface area contributed by atoms with Crippen molar-refractivity contribution in [1.29, 1.82) is 0 Å². The largest absolute Gasteiger partial charge is 0.354 e. The van der Waals surface area contributed by atoms with Crippen LogP contribution in [-0.4, -0.2) is 29.3 Å². The van der Waals surface area contributed by atoms with Crippen molar-refractivity contribution in [3.05, 3.63) is 70.8 Å². The predicted molar refractivity (Wildman–Crippen MR) is 119 cm³/mol. The van der Waals surface area contributed by atoms with Crippen LogP contribution in [-0.2, 0) is 22.6 Å². The average molecular weight is 395 g/mol. The highest BCUT2D eigenvalue weighted by atomic mass is 16.2. The first-order valence-corrected chi connectivity index (χ1v) is 10.6. The zero-order chi connectivity index (χ0) is 21.2. The molecule has 1 atom stereocenters. The van der Waals surface area contributed by atoms with Crippen LogP contribution in [0.2, 0.25) is 0 Å². The summed E-state index contributed by atoms with van der Waals surface area (Å²) in [4.78, 5) is 27.9. The van der Waals surface area contributed by atoms with Crippen LogP contribution in [0.4, 0.5) is 0 Å². The standard InChI is InChI=1S/C25H34N2O2/c1-5-7-13-26-25(29)23(6-2)27(18-21-11-9-8-10-12-21)24(28)17-22-15-19(3)14-20(4)16-22/h8-12,14-16,23H,5-7,13,17-18H2,1-4H3,(H,26,29)/t23-/m1/s1. The number of benzene rings is 2. The van der Waals surface area contributed by atoms with Crippen LogP contribution >= 0.6 is 0 Å². The molecule has 1 N–H and O–H groups in total. The van der Waals surface area contributed by atoms with Gasteiger partial charge in [-0.15, -0.1) is 0 Å². The molecular weight excluding hydrogens is 360 g/mol. The van der Waals surface area contributed by atoms with Crippen molar-refractivity contribution in [2.75, 3.05) is 6.54 Å². The van der Waals surface area contributed by atoms with E-state index >= 15 is 0 Å². The van der Waals surface area contributed by atoms with E-state index in [1.807, 2.05) is 63.2 Å². The summed E-state index contributed by atoms with van der Waals surface area (Å²) in [5, 5.41) is 3.00. The molecule has 0 aliphatic heterocycles. The maximum atomic E-state index is 13.3. The van der Waals surface area contributed by atoms with Crippen LogP contribution in [0.5, 0.6) is 0 Å². The SMILES string of the molecule is CCCCNC(=O)[C@@H](CC)N(Cc1ccccc1)C(=O)Cc1cc(C)cc(C)c1. The maximum absolute atomic E-state index is 13.3. The number of unbranched alkanes of at least 4 members (excludes halogenated alkanes) is 1. The number of aryl methyl sites for hydroxylation is 2. The van der Waals surface area contributed by atoms with Crippen molar-refractivity contribution < 1.29 is 9.59 Å². The Hall–Kier alpha value is -2.62. The van der Waals surface area contributed by atoms with Crippen molar-refractivity contribution in [2.24, 2.45) is 0 Å². The van der Waals surface area contributed by atoms with E-state index in [4.69, 9.17) is 0 Å². The second-order valence-electron chi connectivity index (χ2n) is 7.75. The molecule has 0 saturated heterocycles. The van der Waals surface area contributed by atoms with E-state index in [0.29, 0.717) is 25.9 Å². The van der Waals surface area contributed by atoms with Gasteiger partial charge in [0, 0.05) is 13.1 Å². The van der Waals surface area contributed by atoms with Crippen LogP contribution < -0.4 is 5.32 Å². The first-order chi connectivity index (χ1) is 13.9. The third kappa shape index (κ3) is 7.04. The van der Waals surface area contributed by atoms with Gasteiger partial charge < -0.3 is 10.2 Å². The third-order valence-corrected chi connectivity index (χ3v) is 5.05. The molecule has 0 spiro atoms. The third-order valence-electron chi connectivity index (χ3n) is 5.05. The number of rotatable bonds is 10. The topological polar surface area (TPSA) is 49.4 Å². The van der Waals surface area contributed by atoms with E-state index in [-0.39, 0.29) is 11.8 Å². The number of carbonyl (C=O) groups excluding carboxylic acids is 2. The fraction of sp³-hybridized carbons (Fsp3) is 0.440. The Morgan fingerprint density at radius 2 is 1.62 bits per heavy atom. The van der Waals surface area contributed by atoms with Gasteiger partial charge in [0.25, 0.3) is 0 Å². The quantitative estimate of drug-likeness (QED) is 0.600. The summed E-state index contributed by atoms with van der Waals surface area (Å²) in [6.07, 6.45) is 2.85. The molecule has 0 aromatic heterocycles. The molecule has 2 aromatic rings. The molecule has 2 rings (SSSR count). The van der Waals surface area contributed by atoms with Gasteiger partial charge in [-0.2, -0.15) is 0 Å². The Morgan fingerprint density at radius 3 is 2.21 bits per heavy atom. The molecule has 2 amide bonds. The van der Waals surface area contributed by atoms with E-state index in [1.165, 1.54) is 0 Å². The molecule has 0 aliphatic rings. The molecule has 0 saturated carbocycles. The summed E-state index contributed by atoms with van der Waals surface area (Å²) in [5.74, 6) is -0.0815. The van der Waals surface area contributed by atoms with E-state index in [9.17, 15) is 9.59 Å². The van der Waals surface area contributed by atoms with Crippen LogP contribution in [0.1, 0.15) is 55.4 Å². The van der Waals surface area contributed by atoms with Crippen molar-refractivity contribution in [3.8, 4) is 0 Å². The van der Waals surface area contributed by atoms with E-state index in [1.54, 1.807) is 4.90 Å². The first kappa shape index (κ1) is 22.7. The van der Waals surface area contributed by atoms with Gasteiger partial charge in [-0.25, -0.2) is 0 Å². The number of hydrogen-bond donors (Lipinski definition) is 1. The normalized spacial score (nSPS) is 11.7. The molecule has 0 fully saturated rings. The summed E-state index contributed by atoms with van der Waals surface area (Å²) < 4.78 is 0. The first-order valence-electron chi connectivity index (χ1n) is 10.6. The second-order valence-corrected chi connectivity index (χ2v) is 7.75. The second kappa shape index (κ2) is 11.4. The highest BCUT2D eigenvalue weighted by Crippen LogP contribution is 2.16. The molecule has 156 valence electrons. The van der Waals surface area contributed by atoms with E-state index < -0.39 is 6.04 Å². The lowest BCUT2D eigenvalue weighted by atomic mass is 10.0. The zero-order valence-corrected chi connectivity index (χ0v) is 18.2. The fourth-order valence-electron chi connectivity index (χ4n) is 3.65. The molecule has 0 bridgehead atoms. The minimum Gasteiger partial charge on any atom is -0.354 e. The minimum absolute atomic E-state index is 0.0173. The van der Waals surface area contributed by atoms with Gasteiger partial charge >= 0.3 is 0 Å². The van der Waals surface area contributed by atoms with Gasteiger partial charge in [0.05, 0.1) is 6.42 Å². The van der Waals surface area contributed by atoms with Crippen LogP contribution in [0.15, 0.2) is 48.5 Å². The number of carbonyl (C=O) groups is 2. The molecule has 29 heavy (non-hydrogen) atoms. The van der Waals surface area contributed by atoms with E-state index in [2.05, 4.69) is 18.3 Å². The number of nitrogens with one attached hydrogen (secondary N) is 1. The molecule has 0 radical (unpaired) electrons. The van der Waals surface area contributed by atoms with Crippen LogP contribution in [0, 0.1) is 13.8 Å². The predicted octanol–water partition coefficient (Wildman–Crippen LogP) is 4.57. The Labute approximate surface area is 175 Å². The zero-order valence-electron chi connectivity index (χ0n) is 18.2. The summed E-state index contributed by atoms with van der Waals surface area (Å²) in [5.41, 5.74) is 4.31. The maximum Gasteiger partial charge on any atom is 0.242 e. The summed E-state index contributed by atoms with van der Waals surface area (Å²) in [7, 11) is 0. The average Bonchev–Trinajstić information content (AvgIpc) is 2.68. The molecular formula is C25H34N2O2. The van der Waals surface area contributed by atoms with Gasteiger partial charge in [-0.3, -0.25) is 9.59 Å². The van der Waals surface area contributed by atoms with Gasteiger partial charge in [0.2, 0.25) is 11.8 Å². The Balaban J connectivity index is 2.24. The number of amides is 2. The van der Waals surface area contributed by atoms with Gasteiger partial charge in [0.15, 0.2) is 0 Å². The Kier molecular flexibility index (Phi) is 8.91. The number of nitrogens with zero attached hydrogens (tertiary/aromatic N) is 1. The minimum atomic E-state index is -0.467. The molecule has 0 unspecified atom stereocenters.